The fourth-order valence-corrected chi connectivity index (χ4v) is 4.48. The summed E-state index contributed by atoms with van der Waals surface area (Å²) in [5.74, 6) is 0.287. The Hall–Kier alpha value is -1.68. The summed E-state index contributed by atoms with van der Waals surface area (Å²) in [4.78, 5) is 27.7. The van der Waals surface area contributed by atoms with Crippen LogP contribution in [0.25, 0.3) is 10.9 Å². The highest BCUT2D eigenvalue weighted by Gasteiger charge is 2.32. The maximum absolute atomic E-state index is 12.7. The van der Waals surface area contributed by atoms with E-state index >= 15 is 0 Å². The van der Waals surface area contributed by atoms with Crippen LogP contribution in [0.5, 0.6) is 0 Å². The average molecular weight is 375 g/mol. The van der Waals surface area contributed by atoms with Crippen molar-refractivity contribution in [3.05, 3.63) is 39.0 Å². The van der Waals surface area contributed by atoms with Gasteiger partial charge in [0.1, 0.15) is 0 Å². The van der Waals surface area contributed by atoms with Crippen LogP contribution >= 0.6 is 12.4 Å². The number of aromatic nitrogens is 2. The van der Waals surface area contributed by atoms with Crippen LogP contribution in [0, 0.1) is 5.92 Å². The number of sulfonamides is 1. The molecule has 0 radical (unpaired) electrons. The number of hydrogen-bond donors (Lipinski definition) is 3. The van der Waals surface area contributed by atoms with E-state index in [9.17, 15) is 18.0 Å². The van der Waals surface area contributed by atoms with E-state index in [0.29, 0.717) is 18.6 Å². The van der Waals surface area contributed by atoms with Crippen LogP contribution in [0.4, 0.5) is 0 Å². The summed E-state index contributed by atoms with van der Waals surface area (Å²) in [6.07, 6.45) is 0.807. The van der Waals surface area contributed by atoms with Gasteiger partial charge in [-0.2, -0.15) is 4.31 Å². The Morgan fingerprint density at radius 1 is 1.29 bits per heavy atom. The monoisotopic (exact) mass is 374 g/mol. The maximum Gasteiger partial charge on any atom is 0.326 e. The highest BCUT2D eigenvalue weighted by Crippen LogP contribution is 2.25. The minimum absolute atomic E-state index is 0. The number of rotatable bonds is 4. The van der Waals surface area contributed by atoms with Gasteiger partial charge in [0, 0.05) is 13.1 Å². The van der Waals surface area contributed by atoms with Crippen LogP contribution in [0.3, 0.4) is 0 Å². The van der Waals surface area contributed by atoms with E-state index in [0.717, 1.165) is 13.0 Å². The molecule has 1 atom stereocenters. The van der Waals surface area contributed by atoms with E-state index in [1.165, 1.54) is 22.5 Å². The summed E-state index contributed by atoms with van der Waals surface area (Å²) in [5.41, 5.74) is -0.907. The summed E-state index contributed by atoms with van der Waals surface area (Å²) in [7, 11) is -1.81. The number of hydrogen-bond acceptors (Lipinski definition) is 5. The predicted molar refractivity (Wildman–Crippen MR) is 93.2 cm³/mol. The largest absolute Gasteiger partial charge is 0.326 e. The van der Waals surface area contributed by atoms with Gasteiger partial charge in [-0.15, -0.1) is 12.4 Å². The topological polar surface area (TPSA) is 115 Å². The smallest absolute Gasteiger partial charge is 0.319 e. The summed E-state index contributed by atoms with van der Waals surface area (Å²) < 4.78 is 26.9. The van der Waals surface area contributed by atoms with Gasteiger partial charge in [0.2, 0.25) is 10.0 Å². The molecule has 0 amide bonds. The third kappa shape index (κ3) is 3.39. The Balaban J connectivity index is 0.00000208. The zero-order valence-corrected chi connectivity index (χ0v) is 14.7. The molecular formula is C14H19ClN4O4S. The van der Waals surface area contributed by atoms with Crippen molar-refractivity contribution < 1.29 is 8.42 Å². The second-order valence-electron chi connectivity index (χ2n) is 5.69. The standard InChI is InChI=1S/C14H18N4O4S.ClH/c1-15-7-9-4-5-18(8-9)23(21,22)10-2-3-12-11(6-10)13(19)17-14(20)16-12;/h2-3,6,9,15H,4-5,7-8H2,1H3,(H2,16,17,19,20);1H. The van der Waals surface area contributed by atoms with Gasteiger partial charge in [0.15, 0.2) is 0 Å². The molecule has 0 spiro atoms. The highest BCUT2D eigenvalue weighted by atomic mass is 35.5. The van der Waals surface area contributed by atoms with Gasteiger partial charge in [0.05, 0.1) is 15.8 Å². The van der Waals surface area contributed by atoms with E-state index in [1.54, 1.807) is 0 Å². The second-order valence-corrected chi connectivity index (χ2v) is 7.63. The molecule has 3 N–H and O–H groups in total. The molecule has 2 heterocycles. The lowest BCUT2D eigenvalue weighted by Gasteiger charge is -2.17. The summed E-state index contributed by atoms with van der Waals surface area (Å²) >= 11 is 0. The Morgan fingerprint density at radius 3 is 2.75 bits per heavy atom. The molecule has 0 saturated carbocycles. The Kier molecular flexibility index (Phi) is 5.49. The van der Waals surface area contributed by atoms with Gasteiger partial charge in [-0.25, -0.2) is 13.2 Å². The van der Waals surface area contributed by atoms with Crippen molar-refractivity contribution in [1.29, 1.82) is 0 Å². The normalized spacial score (nSPS) is 18.6. The minimum atomic E-state index is -3.65. The molecule has 2 aromatic rings. The lowest BCUT2D eigenvalue weighted by Crippen LogP contribution is -2.30. The van der Waals surface area contributed by atoms with Crippen molar-refractivity contribution in [3.63, 3.8) is 0 Å². The third-order valence-corrected chi connectivity index (χ3v) is 5.95. The number of aromatic amines is 2. The Labute approximate surface area is 144 Å². The van der Waals surface area contributed by atoms with Crippen molar-refractivity contribution >= 4 is 33.3 Å². The molecule has 3 rings (SSSR count). The minimum Gasteiger partial charge on any atom is -0.319 e. The van der Waals surface area contributed by atoms with Crippen molar-refractivity contribution in [2.75, 3.05) is 26.7 Å². The fraction of sp³-hybridized carbons (Fsp3) is 0.429. The molecular weight excluding hydrogens is 356 g/mol. The molecule has 1 aromatic carbocycles. The molecule has 10 heteroatoms. The van der Waals surface area contributed by atoms with Gasteiger partial charge in [-0.1, -0.05) is 0 Å². The van der Waals surface area contributed by atoms with Crippen LogP contribution in [-0.4, -0.2) is 49.4 Å². The zero-order chi connectivity index (χ0) is 16.6. The zero-order valence-electron chi connectivity index (χ0n) is 13.0. The van der Waals surface area contributed by atoms with Gasteiger partial charge < -0.3 is 10.3 Å². The summed E-state index contributed by atoms with van der Waals surface area (Å²) in [6, 6.07) is 4.17. The molecule has 132 valence electrons. The SMILES string of the molecule is CNCC1CCN(S(=O)(=O)c2ccc3[nH]c(=O)[nH]c(=O)c3c2)C1.Cl. The van der Waals surface area contributed by atoms with Gasteiger partial charge in [-0.3, -0.25) is 9.78 Å². The van der Waals surface area contributed by atoms with Crippen LogP contribution in [0.1, 0.15) is 6.42 Å². The van der Waals surface area contributed by atoms with Gasteiger partial charge >= 0.3 is 5.69 Å². The maximum atomic E-state index is 12.7. The molecule has 24 heavy (non-hydrogen) atoms. The fourth-order valence-electron chi connectivity index (χ4n) is 2.92. The molecule has 1 aliphatic rings. The first-order valence-corrected chi connectivity index (χ1v) is 8.77. The summed E-state index contributed by atoms with van der Waals surface area (Å²) in [6.45, 7) is 1.70. The number of nitrogens with zero attached hydrogens (tertiary/aromatic N) is 1. The second kappa shape index (κ2) is 7.06. The first-order valence-electron chi connectivity index (χ1n) is 7.33. The van der Waals surface area contributed by atoms with E-state index in [4.69, 9.17) is 0 Å². The van der Waals surface area contributed by atoms with Crippen LogP contribution in [0.2, 0.25) is 0 Å². The van der Waals surface area contributed by atoms with Crippen molar-refractivity contribution in [3.8, 4) is 0 Å². The third-order valence-electron chi connectivity index (χ3n) is 4.09. The molecule has 1 aliphatic heterocycles. The Bertz CT molecular complexity index is 953. The lowest BCUT2D eigenvalue weighted by molar-refractivity contribution is 0.451. The number of nitrogens with one attached hydrogen (secondary N) is 3. The number of halogens is 1. The van der Waals surface area contributed by atoms with E-state index in [-0.39, 0.29) is 28.6 Å². The first-order chi connectivity index (χ1) is 10.9. The van der Waals surface area contributed by atoms with Gasteiger partial charge in [0.25, 0.3) is 5.56 Å². The highest BCUT2D eigenvalue weighted by molar-refractivity contribution is 7.89. The number of fused-ring (bicyclic) bond motifs is 1. The number of benzene rings is 1. The molecule has 1 aromatic heterocycles. The summed E-state index contributed by atoms with van der Waals surface area (Å²) in [5, 5.41) is 3.21. The van der Waals surface area contributed by atoms with E-state index < -0.39 is 21.3 Å². The van der Waals surface area contributed by atoms with Crippen LogP contribution < -0.4 is 16.6 Å². The molecule has 1 unspecified atom stereocenters. The Morgan fingerprint density at radius 2 is 2.04 bits per heavy atom. The van der Waals surface area contributed by atoms with Crippen molar-refractivity contribution in [2.45, 2.75) is 11.3 Å². The molecule has 0 aliphatic carbocycles. The first kappa shape index (κ1) is 18.7. The lowest BCUT2D eigenvalue weighted by atomic mass is 10.1. The van der Waals surface area contributed by atoms with Crippen LogP contribution in [-0.2, 0) is 10.0 Å². The van der Waals surface area contributed by atoms with Gasteiger partial charge in [-0.05, 0) is 44.1 Å². The van der Waals surface area contributed by atoms with Crippen LogP contribution in [0.15, 0.2) is 32.7 Å². The van der Waals surface area contributed by atoms with Crippen molar-refractivity contribution in [1.82, 2.24) is 19.6 Å². The van der Waals surface area contributed by atoms with Crippen molar-refractivity contribution in [2.24, 2.45) is 5.92 Å². The number of H-pyrrole nitrogens is 2. The predicted octanol–water partition coefficient (Wildman–Crippen LogP) is -0.132. The average Bonchev–Trinajstić information content (AvgIpc) is 2.96. The van der Waals surface area contributed by atoms with E-state index in [1.807, 2.05) is 7.05 Å². The van der Waals surface area contributed by atoms with E-state index in [2.05, 4.69) is 15.3 Å². The molecule has 1 fully saturated rings. The quantitative estimate of drug-likeness (QED) is 0.689. The molecule has 8 nitrogen and oxygen atoms in total. The molecule has 1 saturated heterocycles. The molecule has 0 bridgehead atoms.